The highest BCUT2D eigenvalue weighted by Gasteiger charge is 2.25. The molecule has 0 aliphatic rings. The second-order valence-corrected chi connectivity index (χ2v) is 18.1. The first-order valence-corrected chi connectivity index (χ1v) is 24.1. The van der Waals surface area contributed by atoms with E-state index in [9.17, 15) is 0 Å². The molecule has 5 heteroatoms. The number of anilines is 6. The first kappa shape index (κ1) is 40.5. The Labute approximate surface area is 409 Å². The smallest absolute Gasteiger partial charge is 0.159 e. The summed E-state index contributed by atoms with van der Waals surface area (Å²) in [5.74, 6) is 0. The van der Waals surface area contributed by atoms with Crippen molar-refractivity contribution in [3.8, 4) is 27.9 Å². The van der Waals surface area contributed by atoms with E-state index in [2.05, 4.69) is 251 Å². The van der Waals surface area contributed by atoms with E-state index in [0.717, 1.165) is 106 Å². The van der Waals surface area contributed by atoms with Crippen molar-refractivity contribution in [1.29, 1.82) is 0 Å². The summed E-state index contributed by atoms with van der Waals surface area (Å²) in [5, 5.41) is 6.75. The van der Waals surface area contributed by atoms with E-state index in [0.29, 0.717) is 0 Å². The molecule has 0 aliphatic carbocycles. The van der Waals surface area contributed by atoms with Gasteiger partial charge in [-0.1, -0.05) is 164 Å². The monoisotopic (exact) mass is 909 g/mol. The molecule has 0 N–H and O–H groups in total. The highest BCUT2D eigenvalue weighted by Crippen LogP contribution is 2.48. The van der Waals surface area contributed by atoms with Crippen molar-refractivity contribution in [2.24, 2.45) is 0 Å². The van der Waals surface area contributed by atoms with Crippen LogP contribution in [0.25, 0.3) is 93.6 Å². The summed E-state index contributed by atoms with van der Waals surface area (Å²) in [4.78, 5) is 4.67. The van der Waals surface area contributed by atoms with Gasteiger partial charge in [0, 0.05) is 60.8 Å². The minimum Gasteiger partial charge on any atom is -0.454 e. The molecule has 5 nitrogen and oxygen atoms in total. The number of hydrogen-bond acceptors (Lipinski definition) is 4. The fraction of sp³-hybridized carbons (Fsp3) is 0. The molecule has 0 bridgehead atoms. The fourth-order valence-corrected chi connectivity index (χ4v) is 10.7. The predicted octanol–water partition coefficient (Wildman–Crippen LogP) is 18.9. The van der Waals surface area contributed by atoms with Gasteiger partial charge >= 0.3 is 0 Å². The van der Waals surface area contributed by atoms with Crippen molar-refractivity contribution >= 4 is 99.8 Å². The number of fused-ring (bicyclic) bond motifs is 9. The average Bonchev–Trinajstić information content (AvgIpc) is 4.12. The van der Waals surface area contributed by atoms with Crippen LogP contribution < -0.4 is 9.80 Å². The van der Waals surface area contributed by atoms with Crippen LogP contribution in [0.4, 0.5) is 34.1 Å². The summed E-state index contributed by atoms with van der Waals surface area (Å²) in [5.41, 5.74) is 17.1. The zero-order valence-electron chi connectivity index (χ0n) is 38.5. The lowest BCUT2D eigenvalue weighted by molar-refractivity contribution is 0.669. The Bertz CT molecular complexity index is 4130. The molecular weight excluding hydrogens is 867 g/mol. The number of hydrogen-bond donors (Lipinski definition) is 0. The first-order chi connectivity index (χ1) is 35.2. The number of nitrogens with zero attached hydrogens (tertiary/aromatic N) is 3. The Kier molecular flexibility index (Phi) is 9.46. The molecule has 71 heavy (non-hydrogen) atoms. The fourth-order valence-electron chi connectivity index (χ4n) is 10.7. The summed E-state index contributed by atoms with van der Waals surface area (Å²) in [6.45, 7) is 0. The van der Waals surface area contributed by atoms with E-state index in [4.69, 9.17) is 8.83 Å². The van der Waals surface area contributed by atoms with Crippen molar-refractivity contribution in [3.63, 3.8) is 0 Å². The van der Waals surface area contributed by atoms with Gasteiger partial charge in [0.25, 0.3) is 0 Å². The summed E-state index contributed by atoms with van der Waals surface area (Å²) in [6.07, 6.45) is 0. The van der Waals surface area contributed by atoms with Crippen molar-refractivity contribution in [2.75, 3.05) is 9.80 Å². The van der Waals surface area contributed by atoms with Gasteiger partial charge in [0.15, 0.2) is 11.2 Å². The number of furan rings is 2. The maximum Gasteiger partial charge on any atom is 0.159 e. The van der Waals surface area contributed by atoms with Crippen LogP contribution in [0.1, 0.15) is 0 Å². The summed E-state index contributed by atoms with van der Waals surface area (Å²) < 4.78 is 16.0. The molecule has 0 amide bonds. The van der Waals surface area contributed by atoms with E-state index in [1.807, 2.05) is 24.3 Å². The number of benzene rings is 11. The van der Waals surface area contributed by atoms with E-state index in [1.165, 1.54) is 21.8 Å². The van der Waals surface area contributed by atoms with Gasteiger partial charge in [-0.05, 0) is 119 Å². The number of rotatable bonds is 9. The Hall–Kier alpha value is -9.58. The van der Waals surface area contributed by atoms with E-state index in [1.54, 1.807) is 0 Å². The number of para-hydroxylation sites is 8. The van der Waals surface area contributed by atoms with Crippen molar-refractivity contribution in [3.05, 3.63) is 261 Å². The SMILES string of the molecule is c1ccc(N(c2cc(-c3cccc(-c4ccc5c6ccccc6n(-c6ccccc6)c5c4)c3)cc(N(c3ccccc3)c3cccc4c3oc3ccccc34)c2)c2cccc3c2oc2ccccc23)cc1. The second-order valence-electron chi connectivity index (χ2n) is 18.1. The standard InChI is InChI=1S/C66H43N3O2/c1-4-21-48(22-5-1)67(60-33-17-30-57-55-28-11-14-35-63(55)70-65(57)60)51-40-47(41-52(43-51)68(49-23-6-2-7-24-49)61-34-18-31-58-56-29-12-15-36-64(56)71-66(58)61)45-20-16-19-44(39-45)46-37-38-54-53-27-10-13-32-59(53)69(62(54)42-46)50-25-8-3-9-26-50/h1-43H. The number of aromatic nitrogens is 1. The Morgan fingerprint density at radius 3 is 1.31 bits per heavy atom. The Morgan fingerprint density at radius 2 is 0.718 bits per heavy atom. The lowest BCUT2D eigenvalue weighted by atomic mass is 9.97. The quantitative estimate of drug-likeness (QED) is 0.145. The minimum atomic E-state index is 0.821. The molecule has 0 aliphatic heterocycles. The lowest BCUT2D eigenvalue weighted by Gasteiger charge is -2.30. The zero-order chi connectivity index (χ0) is 46.8. The lowest BCUT2D eigenvalue weighted by Crippen LogP contribution is -2.14. The van der Waals surface area contributed by atoms with Gasteiger partial charge in [-0.25, -0.2) is 0 Å². The van der Waals surface area contributed by atoms with Crippen LogP contribution in [-0.2, 0) is 0 Å². The van der Waals surface area contributed by atoms with Crippen LogP contribution in [-0.4, -0.2) is 4.57 Å². The largest absolute Gasteiger partial charge is 0.454 e. The molecule has 3 heterocycles. The van der Waals surface area contributed by atoms with Crippen LogP contribution in [0.5, 0.6) is 0 Å². The van der Waals surface area contributed by atoms with Gasteiger partial charge in [0.05, 0.1) is 22.4 Å². The second kappa shape index (κ2) is 16.6. The third-order valence-electron chi connectivity index (χ3n) is 13.9. The molecule has 0 saturated carbocycles. The maximum atomic E-state index is 6.80. The predicted molar refractivity (Wildman–Crippen MR) is 296 cm³/mol. The first-order valence-electron chi connectivity index (χ1n) is 24.1. The molecule has 0 atom stereocenters. The third kappa shape index (κ3) is 6.78. The van der Waals surface area contributed by atoms with Gasteiger partial charge in [0.1, 0.15) is 11.2 Å². The Morgan fingerprint density at radius 1 is 0.268 bits per heavy atom. The van der Waals surface area contributed by atoms with Crippen molar-refractivity contribution in [2.45, 2.75) is 0 Å². The van der Waals surface area contributed by atoms with Crippen LogP contribution in [0, 0.1) is 0 Å². The highest BCUT2D eigenvalue weighted by atomic mass is 16.3. The average molecular weight is 910 g/mol. The van der Waals surface area contributed by atoms with Crippen LogP contribution >= 0.6 is 0 Å². The minimum absolute atomic E-state index is 0.821. The van der Waals surface area contributed by atoms with E-state index in [-0.39, 0.29) is 0 Å². The summed E-state index contributed by atoms with van der Waals surface area (Å²) >= 11 is 0. The summed E-state index contributed by atoms with van der Waals surface area (Å²) in [6, 6.07) is 92.9. The van der Waals surface area contributed by atoms with Crippen molar-refractivity contribution in [1.82, 2.24) is 4.57 Å². The summed E-state index contributed by atoms with van der Waals surface area (Å²) in [7, 11) is 0. The molecular formula is C66H43N3O2. The normalized spacial score (nSPS) is 11.7. The molecule has 0 radical (unpaired) electrons. The highest BCUT2D eigenvalue weighted by molar-refractivity contribution is 6.13. The third-order valence-corrected chi connectivity index (χ3v) is 13.9. The van der Waals surface area contributed by atoms with Gasteiger partial charge in [-0.15, -0.1) is 0 Å². The molecule has 0 unspecified atom stereocenters. The van der Waals surface area contributed by atoms with Crippen LogP contribution in [0.3, 0.4) is 0 Å². The van der Waals surface area contributed by atoms with E-state index < -0.39 is 0 Å². The van der Waals surface area contributed by atoms with Gasteiger partial charge < -0.3 is 23.2 Å². The molecule has 0 fully saturated rings. The maximum absolute atomic E-state index is 6.80. The van der Waals surface area contributed by atoms with Crippen molar-refractivity contribution < 1.29 is 8.83 Å². The van der Waals surface area contributed by atoms with Gasteiger partial charge in [0.2, 0.25) is 0 Å². The molecule has 334 valence electrons. The van der Waals surface area contributed by atoms with Crippen LogP contribution in [0.2, 0.25) is 0 Å². The van der Waals surface area contributed by atoms with Gasteiger partial charge in [-0.2, -0.15) is 0 Å². The van der Waals surface area contributed by atoms with Gasteiger partial charge in [-0.3, -0.25) is 0 Å². The Balaban J connectivity index is 1.01. The molecule has 3 aromatic heterocycles. The molecule has 11 aromatic carbocycles. The molecule has 14 aromatic rings. The zero-order valence-corrected chi connectivity index (χ0v) is 38.5. The molecule has 0 spiro atoms. The molecule has 0 saturated heterocycles. The molecule has 14 rings (SSSR count). The topological polar surface area (TPSA) is 37.7 Å². The van der Waals surface area contributed by atoms with E-state index >= 15 is 0 Å². The van der Waals surface area contributed by atoms with Crippen LogP contribution in [0.15, 0.2) is 270 Å².